The first kappa shape index (κ1) is 15.7. The number of nitrogens with zero attached hydrogens (tertiary/aromatic N) is 3. The number of anilines is 1. The molecule has 2 N–H and O–H groups in total. The molecule has 0 saturated carbocycles. The Balaban J connectivity index is 1.43. The molecule has 0 radical (unpaired) electrons. The van der Waals surface area contributed by atoms with E-state index in [1.165, 1.54) is 20.8 Å². The zero-order chi connectivity index (χ0) is 16.5. The van der Waals surface area contributed by atoms with Crippen LogP contribution in [0.4, 0.5) is 5.13 Å². The van der Waals surface area contributed by atoms with Crippen molar-refractivity contribution < 1.29 is 0 Å². The Morgan fingerprint density at radius 3 is 3.00 bits per heavy atom. The van der Waals surface area contributed by atoms with Crippen LogP contribution in [0.1, 0.15) is 21.1 Å². The maximum Gasteiger partial charge on any atom is 0.180 e. The normalized spacial score (nSPS) is 15.9. The van der Waals surface area contributed by atoms with Gasteiger partial charge in [0.05, 0.1) is 20.9 Å². The Hall–Kier alpha value is -1.76. The Morgan fingerprint density at radius 1 is 1.21 bits per heavy atom. The van der Waals surface area contributed by atoms with E-state index in [1.807, 2.05) is 0 Å². The average Bonchev–Trinajstić information content (AvgIpc) is 3.06. The van der Waals surface area contributed by atoms with Crippen molar-refractivity contribution >= 4 is 44.1 Å². The van der Waals surface area contributed by atoms with Crippen molar-refractivity contribution in [2.24, 2.45) is 0 Å². The van der Waals surface area contributed by atoms with Gasteiger partial charge in [0.25, 0.3) is 0 Å². The third-order valence-electron chi connectivity index (χ3n) is 4.33. The lowest BCUT2D eigenvalue weighted by atomic mass is 10.2. The zero-order valence-corrected chi connectivity index (χ0v) is 15.3. The van der Waals surface area contributed by atoms with Gasteiger partial charge in [-0.3, -0.25) is 4.90 Å². The van der Waals surface area contributed by atoms with Crippen molar-refractivity contribution in [3.8, 4) is 0 Å². The number of hydrogen-bond donors (Lipinski definition) is 1. The molecule has 6 heteroatoms. The molecule has 4 rings (SSSR count). The molecule has 0 unspecified atom stereocenters. The molecule has 3 heterocycles. The number of benzene rings is 1. The van der Waals surface area contributed by atoms with Gasteiger partial charge in [-0.05, 0) is 19.4 Å². The van der Waals surface area contributed by atoms with Gasteiger partial charge in [0.15, 0.2) is 5.13 Å². The van der Waals surface area contributed by atoms with Gasteiger partial charge in [0.2, 0.25) is 0 Å². The molecule has 2 aromatic heterocycles. The van der Waals surface area contributed by atoms with Gasteiger partial charge in [-0.15, -0.1) is 22.7 Å². The largest absolute Gasteiger partial charge is 0.375 e. The molecule has 0 saturated heterocycles. The van der Waals surface area contributed by atoms with Crippen LogP contribution < -0.4 is 5.73 Å². The molecule has 0 atom stereocenters. The first-order valence-corrected chi connectivity index (χ1v) is 9.81. The maximum atomic E-state index is 5.81. The van der Waals surface area contributed by atoms with Crippen LogP contribution >= 0.6 is 22.7 Å². The Kier molecular flexibility index (Phi) is 4.35. The fraction of sp³-hybridized carbons (Fsp3) is 0.333. The van der Waals surface area contributed by atoms with E-state index >= 15 is 0 Å². The molecule has 24 heavy (non-hydrogen) atoms. The highest BCUT2D eigenvalue weighted by molar-refractivity contribution is 7.18. The van der Waals surface area contributed by atoms with Crippen LogP contribution in [0.15, 0.2) is 24.3 Å². The SMILES string of the molecule is Cc1nc2c(/C=C/CN3CCc4nc(N)sc4CC3)cccc2s1. The van der Waals surface area contributed by atoms with E-state index < -0.39 is 0 Å². The van der Waals surface area contributed by atoms with Crippen molar-refractivity contribution in [2.75, 3.05) is 25.4 Å². The summed E-state index contributed by atoms with van der Waals surface area (Å²) < 4.78 is 1.26. The fourth-order valence-electron chi connectivity index (χ4n) is 3.16. The second-order valence-electron chi connectivity index (χ2n) is 6.05. The van der Waals surface area contributed by atoms with Gasteiger partial charge in [-0.2, -0.15) is 0 Å². The standard InChI is InChI=1S/C18H20N4S2/c1-12-20-17-13(4-2-6-16(17)23-12)5-3-9-22-10-7-14-15(8-11-22)24-18(19)21-14/h2-6H,7-11H2,1H3,(H2,19,21)/b5-3+. The summed E-state index contributed by atoms with van der Waals surface area (Å²) in [6.07, 6.45) is 6.51. The monoisotopic (exact) mass is 356 g/mol. The fourth-order valence-corrected chi connectivity index (χ4v) is 4.89. The molecular weight excluding hydrogens is 336 g/mol. The van der Waals surface area contributed by atoms with Crippen molar-refractivity contribution in [3.05, 3.63) is 45.4 Å². The topological polar surface area (TPSA) is 55.0 Å². The van der Waals surface area contributed by atoms with Gasteiger partial charge in [-0.25, -0.2) is 9.97 Å². The molecule has 0 spiro atoms. The van der Waals surface area contributed by atoms with Crippen LogP contribution in [0, 0.1) is 6.92 Å². The number of nitrogen functional groups attached to an aromatic ring is 1. The van der Waals surface area contributed by atoms with Crippen LogP contribution in [-0.4, -0.2) is 34.5 Å². The van der Waals surface area contributed by atoms with Crippen LogP contribution in [0.5, 0.6) is 0 Å². The molecular formula is C18H20N4S2. The number of aryl methyl sites for hydroxylation is 1. The second-order valence-corrected chi connectivity index (χ2v) is 8.40. The summed E-state index contributed by atoms with van der Waals surface area (Å²) in [4.78, 5) is 13.0. The third kappa shape index (κ3) is 3.22. The molecule has 1 aromatic carbocycles. The lowest BCUT2D eigenvalue weighted by Crippen LogP contribution is -2.26. The van der Waals surface area contributed by atoms with E-state index in [0.29, 0.717) is 5.13 Å². The third-order valence-corrected chi connectivity index (χ3v) is 6.26. The van der Waals surface area contributed by atoms with Gasteiger partial charge in [0, 0.05) is 36.5 Å². The molecule has 0 aliphatic carbocycles. The minimum Gasteiger partial charge on any atom is -0.375 e. The van der Waals surface area contributed by atoms with Crippen molar-refractivity contribution in [2.45, 2.75) is 19.8 Å². The number of fused-ring (bicyclic) bond motifs is 2. The summed E-state index contributed by atoms with van der Waals surface area (Å²) in [7, 11) is 0. The van der Waals surface area contributed by atoms with Crippen LogP contribution in [0.25, 0.3) is 16.3 Å². The van der Waals surface area contributed by atoms with E-state index in [1.54, 1.807) is 22.7 Å². The number of thiazole rings is 2. The minimum atomic E-state index is 0.708. The number of para-hydroxylation sites is 1. The van der Waals surface area contributed by atoms with Gasteiger partial charge in [-0.1, -0.05) is 24.3 Å². The Labute approximate surface area is 149 Å². The predicted molar refractivity (Wildman–Crippen MR) is 104 cm³/mol. The molecule has 3 aromatic rings. The van der Waals surface area contributed by atoms with Crippen LogP contribution in [0.2, 0.25) is 0 Å². The predicted octanol–water partition coefficient (Wildman–Crippen LogP) is 3.76. The van der Waals surface area contributed by atoms with Crippen molar-refractivity contribution in [1.82, 2.24) is 14.9 Å². The summed E-state index contributed by atoms with van der Waals surface area (Å²) in [5, 5.41) is 1.83. The Morgan fingerprint density at radius 2 is 2.08 bits per heavy atom. The first-order valence-electron chi connectivity index (χ1n) is 8.18. The lowest BCUT2D eigenvalue weighted by molar-refractivity contribution is 0.318. The summed E-state index contributed by atoms with van der Waals surface area (Å²) >= 11 is 3.40. The number of nitrogens with two attached hydrogens (primary N) is 1. The van der Waals surface area contributed by atoms with Crippen LogP contribution in [-0.2, 0) is 12.8 Å². The van der Waals surface area contributed by atoms with Gasteiger partial charge in [0.1, 0.15) is 0 Å². The maximum absolute atomic E-state index is 5.81. The second kappa shape index (κ2) is 6.63. The highest BCUT2D eigenvalue weighted by Gasteiger charge is 2.16. The number of aromatic nitrogens is 2. The number of hydrogen-bond acceptors (Lipinski definition) is 6. The smallest absolute Gasteiger partial charge is 0.180 e. The number of rotatable bonds is 3. The molecule has 0 fully saturated rings. The molecule has 1 aliphatic heterocycles. The molecule has 124 valence electrons. The quantitative estimate of drug-likeness (QED) is 0.776. The summed E-state index contributed by atoms with van der Waals surface area (Å²) in [5.41, 5.74) is 9.34. The molecule has 0 amide bonds. The van der Waals surface area contributed by atoms with E-state index in [2.05, 4.69) is 52.1 Å². The van der Waals surface area contributed by atoms with Crippen molar-refractivity contribution in [3.63, 3.8) is 0 Å². The van der Waals surface area contributed by atoms with Gasteiger partial charge < -0.3 is 5.73 Å². The van der Waals surface area contributed by atoms with E-state index in [9.17, 15) is 0 Å². The molecule has 0 bridgehead atoms. The molecule has 4 nitrogen and oxygen atoms in total. The lowest BCUT2D eigenvalue weighted by Gasteiger charge is -2.17. The van der Waals surface area contributed by atoms with Gasteiger partial charge >= 0.3 is 0 Å². The zero-order valence-electron chi connectivity index (χ0n) is 13.7. The van der Waals surface area contributed by atoms with Crippen LogP contribution in [0.3, 0.4) is 0 Å². The summed E-state index contributed by atoms with van der Waals surface area (Å²) in [5.74, 6) is 0. The molecule has 1 aliphatic rings. The average molecular weight is 357 g/mol. The summed E-state index contributed by atoms with van der Waals surface area (Å²) in [6, 6.07) is 6.40. The minimum absolute atomic E-state index is 0.708. The van der Waals surface area contributed by atoms with Crippen molar-refractivity contribution in [1.29, 1.82) is 0 Å². The Bertz CT molecular complexity index is 868. The highest BCUT2D eigenvalue weighted by atomic mass is 32.1. The van der Waals surface area contributed by atoms with E-state index in [-0.39, 0.29) is 0 Å². The van der Waals surface area contributed by atoms with E-state index in [0.717, 1.165) is 43.0 Å². The first-order chi connectivity index (χ1) is 11.7. The van der Waals surface area contributed by atoms with E-state index in [4.69, 9.17) is 5.73 Å². The summed E-state index contributed by atoms with van der Waals surface area (Å²) in [6.45, 7) is 5.14. The highest BCUT2D eigenvalue weighted by Crippen LogP contribution is 2.26.